The topological polar surface area (TPSA) is 67.4 Å². The van der Waals surface area contributed by atoms with Crippen LogP contribution in [0.4, 0.5) is 0 Å². The van der Waals surface area contributed by atoms with Gasteiger partial charge in [-0.05, 0) is 26.0 Å². The summed E-state index contributed by atoms with van der Waals surface area (Å²) in [5.74, 6) is 1.70. The van der Waals surface area contributed by atoms with E-state index >= 15 is 0 Å². The van der Waals surface area contributed by atoms with Crippen molar-refractivity contribution in [3.63, 3.8) is 0 Å². The number of aryl methyl sites for hydroxylation is 2. The molecule has 0 fully saturated rings. The lowest BCUT2D eigenvalue weighted by Gasteiger charge is -2.10. The maximum atomic E-state index is 5.94. The van der Waals surface area contributed by atoms with Crippen LogP contribution in [0.5, 0.6) is 0 Å². The van der Waals surface area contributed by atoms with Crippen molar-refractivity contribution in [3.8, 4) is 0 Å². The minimum absolute atomic E-state index is 0. The lowest BCUT2D eigenvalue weighted by atomic mass is 10.1. The quantitative estimate of drug-likeness (QED) is 0.353. The van der Waals surface area contributed by atoms with Gasteiger partial charge in [0.1, 0.15) is 11.3 Å². The molecule has 1 aromatic carbocycles. The number of nitrogens with one attached hydrogen (secondary N) is 2. The number of guanidine groups is 1. The molecule has 3 rings (SSSR count). The van der Waals surface area contributed by atoms with Crippen molar-refractivity contribution in [3.05, 3.63) is 53.5 Å². The van der Waals surface area contributed by atoms with Crippen LogP contribution >= 0.6 is 24.0 Å². The van der Waals surface area contributed by atoms with E-state index in [9.17, 15) is 0 Å². The summed E-state index contributed by atoms with van der Waals surface area (Å²) in [5, 5.41) is 11.9. The maximum Gasteiger partial charge on any atom is 0.192 e. The molecule has 7 heteroatoms. The fourth-order valence-corrected chi connectivity index (χ4v) is 2.62. The second-order valence-electron chi connectivity index (χ2n) is 5.64. The number of fused-ring (bicyclic) bond motifs is 1. The van der Waals surface area contributed by atoms with E-state index in [4.69, 9.17) is 4.42 Å². The Morgan fingerprint density at radius 3 is 2.72 bits per heavy atom. The van der Waals surface area contributed by atoms with Crippen molar-refractivity contribution in [1.29, 1.82) is 0 Å². The van der Waals surface area contributed by atoms with Gasteiger partial charge in [-0.2, -0.15) is 5.10 Å². The van der Waals surface area contributed by atoms with Crippen LogP contribution in [-0.4, -0.2) is 22.3 Å². The zero-order valence-corrected chi connectivity index (χ0v) is 17.1. The van der Waals surface area contributed by atoms with E-state index in [1.165, 1.54) is 5.56 Å². The SMILES string of the molecule is CCNC(=NCc1ccnn1C)NCc1oc2ccccc2c1C.I. The van der Waals surface area contributed by atoms with Gasteiger partial charge in [-0.15, -0.1) is 24.0 Å². The monoisotopic (exact) mass is 453 g/mol. The first-order chi connectivity index (χ1) is 11.7. The molecule has 0 bridgehead atoms. The molecule has 0 amide bonds. The van der Waals surface area contributed by atoms with Gasteiger partial charge in [-0.3, -0.25) is 4.68 Å². The Labute approximate surface area is 164 Å². The summed E-state index contributed by atoms with van der Waals surface area (Å²) in [6.45, 7) is 6.11. The molecule has 0 atom stereocenters. The second kappa shape index (κ2) is 8.89. The van der Waals surface area contributed by atoms with Gasteiger partial charge >= 0.3 is 0 Å². The number of hydrogen-bond donors (Lipinski definition) is 2. The van der Waals surface area contributed by atoms with Crippen molar-refractivity contribution in [2.24, 2.45) is 12.0 Å². The maximum absolute atomic E-state index is 5.94. The number of rotatable bonds is 5. The molecule has 134 valence electrons. The largest absolute Gasteiger partial charge is 0.459 e. The predicted octanol–water partition coefficient (Wildman–Crippen LogP) is 3.35. The fraction of sp³-hybridized carbons (Fsp3) is 0.333. The zero-order chi connectivity index (χ0) is 16.9. The summed E-state index contributed by atoms with van der Waals surface area (Å²) in [6.07, 6.45) is 1.78. The van der Waals surface area contributed by atoms with E-state index < -0.39 is 0 Å². The predicted molar refractivity (Wildman–Crippen MR) is 111 cm³/mol. The zero-order valence-electron chi connectivity index (χ0n) is 14.7. The molecule has 0 spiro atoms. The number of hydrogen-bond acceptors (Lipinski definition) is 3. The van der Waals surface area contributed by atoms with Crippen LogP contribution in [0.25, 0.3) is 11.0 Å². The van der Waals surface area contributed by atoms with Crippen molar-refractivity contribution < 1.29 is 4.42 Å². The molecule has 0 unspecified atom stereocenters. The highest BCUT2D eigenvalue weighted by molar-refractivity contribution is 14.0. The van der Waals surface area contributed by atoms with Crippen LogP contribution in [0.15, 0.2) is 45.9 Å². The van der Waals surface area contributed by atoms with Gasteiger partial charge in [-0.25, -0.2) is 4.99 Å². The van der Waals surface area contributed by atoms with E-state index in [0.29, 0.717) is 13.1 Å². The van der Waals surface area contributed by atoms with Crippen LogP contribution < -0.4 is 10.6 Å². The first-order valence-corrected chi connectivity index (χ1v) is 8.15. The average Bonchev–Trinajstić information content (AvgIpc) is 3.14. The number of nitrogens with zero attached hydrogens (tertiary/aromatic N) is 3. The van der Waals surface area contributed by atoms with Crippen LogP contribution in [0.1, 0.15) is 23.9 Å². The summed E-state index contributed by atoms with van der Waals surface area (Å²) in [6, 6.07) is 10.1. The number of para-hydroxylation sites is 1. The van der Waals surface area contributed by atoms with Crippen LogP contribution in [-0.2, 0) is 20.1 Å². The Morgan fingerprint density at radius 2 is 2.04 bits per heavy atom. The third-order valence-corrected chi connectivity index (χ3v) is 4.02. The van der Waals surface area contributed by atoms with Crippen molar-refractivity contribution in [2.45, 2.75) is 26.9 Å². The van der Waals surface area contributed by atoms with Crippen LogP contribution in [0.3, 0.4) is 0 Å². The normalized spacial score (nSPS) is 11.4. The molecular formula is C18H24IN5O. The van der Waals surface area contributed by atoms with Gasteiger partial charge in [0.05, 0.1) is 18.8 Å². The molecule has 0 radical (unpaired) electrons. The second-order valence-corrected chi connectivity index (χ2v) is 5.64. The van der Waals surface area contributed by atoms with Crippen LogP contribution in [0, 0.1) is 6.92 Å². The lowest BCUT2D eigenvalue weighted by molar-refractivity contribution is 0.534. The van der Waals surface area contributed by atoms with E-state index in [1.54, 1.807) is 6.20 Å². The van der Waals surface area contributed by atoms with E-state index in [1.807, 2.05) is 42.9 Å². The van der Waals surface area contributed by atoms with Gasteiger partial charge in [0.2, 0.25) is 0 Å². The summed E-state index contributed by atoms with van der Waals surface area (Å²) in [7, 11) is 1.92. The molecule has 0 aliphatic rings. The molecule has 2 heterocycles. The molecule has 0 saturated carbocycles. The molecular weight excluding hydrogens is 429 g/mol. The van der Waals surface area contributed by atoms with Crippen molar-refractivity contribution >= 4 is 40.9 Å². The Hall–Kier alpha value is -2.03. The molecule has 0 aliphatic carbocycles. The average molecular weight is 453 g/mol. The summed E-state index contributed by atoms with van der Waals surface area (Å²) in [4.78, 5) is 4.61. The van der Waals surface area contributed by atoms with Gasteiger partial charge in [0.25, 0.3) is 0 Å². The minimum Gasteiger partial charge on any atom is -0.459 e. The number of aliphatic imine (C=N–C) groups is 1. The Balaban J connectivity index is 0.00000225. The third-order valence-electron chi connectivity index (χ3n) is 4.02. The molecule has 2 aromatic heterocycles. The number of benzene rings is 1. The number of furan rings is 1. The molecule has 2 N–H and O–H groups in total. The van der Waals surface area contributed by atoms with Gasteiger partial charge in [0, 0.05) is 30.7 Å². The smallest absolute Gasteiger partial charge is 0.192 e. The van der Waals surface area contributed by atoms with E-state index in [0.717, 1.165) is 34.9 Å². The lowest BCUT2D eigenvalue weighted by Crippen LogP contribution is -2.36. The van der Waals surface area contributed by atoms with Gasteiger partial charge in [0.15, 0.2) is 5.96 Å². The summed E-state index contributed by atoms with van der Waals surface area (Å²) >= 11 is 0. The Bertz CT molecular complexity index is 852. The highest BCUT2D eigenvalue weighted by Gasteiger charge is 2.10. The molecule has 0 saturated heterocycles. The molecule has 0 aliphatic heterocycles. The molecule has 6 nitrogen and oxygen atoms in total. The Morgan fingerprint density at radius 1 is 1.24 bits per heavy atom. The van der Waals surface area contributed by atoms with Gasteiger partial charge in [-0.1, -0.05) is 18.2 Å². The highest BCUT2D eigenvalue weighted by Crippen LogP contribution is 2.24. The van der Waals surface area contributed by atoms with Gasteiger partial charge < -0.3 is 15.1 Å². The fourth-order valence-electron chi connectivity index (χ4n) is 2.62. The highest BCUT2D eigenvalue weighted by atomic mass is 127. The minimum atomic E-state index is 0. The third kappa shape index (κ3) is 4.53. The molecule has 3 aromatic rings. The number of aromatic nitrogens is 2. The van der Waals surface area contributed by atoms with Crippen molar-refractivity contribution in [1.82, 2.24) is 20.4 Å². The number of halogens is 1. The van der Waals surface area contributed by atoms with E-state index in [-0.39, 0.29) is 24.0 Å². The summed E-state index contributed by atoms with van der Waals surface area (Å²) in [5.41, 5.74) is 3.15. The summed E-state index contributed by atoms with van der Waals surface area (Å²) < 4.78 is 7.77. The first-order valence-electron chi connectivity index (χ1n) is 8.15. The standard InChI is InChI=1S/C18H23N5O.HI/c1-4-19-18(20-11-14-9-10-22-23(14)3)21-12-17-13(2)15-7-5-6-8-16(15)24-17;/h5-10H,4,11-12H2,1-3H3,(H2,19,20,21);1H. The van der Waals surface area contributed by atoms with Crippen molar-refractivity contribution in [2.75, 3.05) is 6.54 Å². The molecule has 25 heavy (non-hydrogen) atoms. The van der Waals surface area contributed by atoms with E-state index in [2.05, 4.69) is 33.7 Å². The van der Waals surface area contributed by atoms with Crippen LogP contribution in [0.2, 0.25) is 0 Å². The Kier molecular flexibility index (Phi) is 6.86. The first kappa shape index (κ1) is 19.3.